The molecule has 2 aromatic carbocycles. The maximum atomic E-state index is 13.6. The third-order valence-corrected chi connectivity index (χ3v) is 5.82. The smallest absolute Gasteiger partial charge is 0.256 e. The minimum atomic E-state index is -0.242. The minimum Gasteiger partial charge on any atom is -0.490 e. The quantitative estimate of drug-likeness (QED) is 0.470. The van der Waals surface area contributed by atoms with Crippen molar-refractivity contribution in [2.45, 2.75) is 26.0 Å². The molecule has 0 spiro atoms. The number of pyridine rings is 1. The number of hydrogen-bond acceptors (Lipinski definition) is 6. The van der Waals surface area contributed by atoms with Crippen LogP contribution in [-0.4, -0.2) is 62.7 Å². The van der Waals surface area contributed by atoms with Crippen LogP contribution in [0.1, 0.15) is 22.8 Å². The second kappa shape index (κ2) is 8.99. The average molecular weight is 444 g/mol. The molecule has 8 nitrogen and oxygen atoms in total. The summed E-state index contributed by atoms with van der Waals surface area (Å²) in [6.07, 6.45) is 4.69. The number of hydrogen-bond donors (Lipinski definition) is 0. The maximum absolute atomic E-state index is 13.6. The van der Waals surface area contributed by atoms with Crippen LogP contribution in [0.25, 0.3) is 16.6 Å². The fourth-order valence-electron chi connectivity index (χ4n) is 4.07. The molecule has 1 aliphatic heterocycles. The molecule has 1 fully saturated rings. The molecule has 1 saturated heterocycles. The van der Waals surface area contributed by atoms with E-state index in [2.05, 4.69) is 15.2 Å². The summed E-state index contributed by atoms with van der Waals surface area (Å²) in [5, 5.41) is 9.37. The van der Waals surface area contributed by atoms with Crippen LogP contribution in [0.5, 0.6) is 5.75 Å². The van der Waals surface area contributed by atoms with Crippen LogP contribution in [0.2, 0.25) is 0 Å². The molecule has 8 heteroatoms. The Morgan fingerprint density at radius 1 is 1.12 bits per heavy atom. The number of benzene rings is 2. The van der Waals surface area contributed by atoms with Crippen LogP contribution in [0.15, 0.2) is 67.1 Å². The normalized spacial score (nSPS) is 18.4. The van der Waals surface area contributed by atoms with E-state index in [0.29, 0.717) is 31.0 Å². The van der Waals surface area contributed by atoms with Crippen molar-refractivity contribution < 1.29 is 14.3 Å². The monoisotopic (exact) mass is 443 g/mol. The van der Waals surface area contributed by atoms with Crippen LogP contribution in [0, 0.1) is 6.92 Å². The number of amides is 1. The van der Waals surface area contributed by atoms with Gasteiger partial charge in [-0.05, 0) is 44.2 Å². The number of morpholine rings is 1. The molecule has 33 heavy (non-hydrogen) atoms. The first-order chi connectivity index (χ1) is 16.1. The first kappa shape index (κ1) is 21.1. The highest BCUT2D eigenvalue weighted by molar-refractivity contribution is 5.98. The number of nitrogens with zero attached hydrogens (tertiary/aromatic N) is 5. The van der Waals surface area contributed by atoms with Crippen molar-refractivity contribution in [1.82, 2.24) is 24.9 Å². The van der Waals surface area contributed by atoms with Crippen molar-refractivity contribution in [2.75, 3.05) is 19.8 Å². The predicted molar refractivity (Wildman–Crippen MR) is 124 cm³/mol. The number of aromatic nitrogens is 4. The molecule has 0 bridgehead atoms. The SMILES string of the molecule is Cc1ccc(-n2nccn2)c(C(=O)N2C[C@@H](COc3ccnc4ccccc34)OC[C@H]2C)c1. The lowest BCUT2D eigenvalue weighted by molar-refractivity contribution is -0.0626. The van der Waals surface area contributed by atoms with E-state index < -0.39 is 0 Å². The van der Waals surface area contributed by atoms with E-state index in [1.54, 1.807) is 18.6 Å². The highest BCUT2D eigenvalue weighted by atomic mass is 16.5. The predicted octanol–water partition coefficient (Wildman–Crippen LogP) is 3.43. The highest BCUT2D eigenvalue weighted by Crippen LogP contribution is 2.25. The Morgan fingerprint density at radius 2 is 1.94 bits per heavy atom. The third kappa shape index (κ3) is 4.29. The standard InChI is InChI=1S/C25H25N5O3/c1-17-7-8-23(30-27-11-12-28-30)21(13-17)25(31)29-14-19(32-15-18(29)2)16-33-24-9-10-26-22-6-4-3-5-20(22)24/h3-13,18-19H,14-16H2,1-2H3/t18-,19+/m1/s1. The van der Waals surface area contributed by atoms with E-state index in [1.807, 2.05) is 67.3 Å². The Bertz CT molecular complexity index is 1270. The van der Waals surface area contributed by atoms with Crippen molar-refractivity contribution in [1.29, 1.82) is 0 Å². The van der Waals surface area contributed by atoms with E-state index in [1.165, 1.54) is 4.80 Å². The molecule has 0 aliphatic carbocycles. The molecule has 168 valence electrons. The summed E-state index contributed by atoms with van der Waals surface area (Å²) in [6, 6.07) is 15.4. The molecule has 1 aliphatic rings. The van der Waals surface area contributed by atoms with Crippen LogP contribution < -0.4 is 4.74 Å². The lowest BCUT2D eigenvalue weighted by atomic mass is 10.1. The molecule has 1 amide bonds. The highest BCUT2D eigenvalue weighted by Gasteiger charge is 2.32. The lowest BCUT2D eigenvalue weighted by Gasteiger charge is -2.38. The molecule has 0 saturated carbocycles. The van der Waals surface area contributed by atoms with Gasteiger partial charge in [0.1, 0.15) is 18.5 Å². The van der Waals surface area contributed by atoms with E-state index in [9.17, 15) is 4.79 Å². The number of ether oxygens (including phenoxy) is 2. The van der Waals surface area contributed by atoms with E-state index >= 15 is 0 Å². The zero-order valence-corrected chi connectivity index (χ0v) is 18.6. The van der Waals surface area contributed by atoms with Gasteiger partial charge in [-0.25, -0.2) is 0 Å². The van der Waals surface area contributed by atoms with E-state index in [-0.39, 0.29) is 18.1 Å². The Hall–Kier alpha value is -3.78. The summed E-state index contributed by atoms with van der Waals surface area (Å²) in [7, 11) is 0. The lowest BCUT2D eigenvalue weighted by Crippen LogP contribution is -2.52. The maximum Gasteiger partial charge on any atom is 0.256 e. The average Bonchev–Trinajstić information content (AvgIpc) is 3.38. The van der Waals surface area contributed by atoms with Crippen LogP contribution >= 0.6 is 0 Å². The number of aryl methyl sites for hydroxylation is 1. The molecule has 0 radical (unpaired) electrons. The van der Waals surface area contributed by atoms with Gasteiger partial charge in [0.05, 0.1) is 48.4 Å². The van der Waals surface area contributed by atoms with Gasteiger partial charge < -0.3 is 14.4 Å². The summed E-state index contributed by atoms with van der Waals surface area (Å²) >= 11 is 0. The van der Waals surface area contributed by atoms with E-state index in [0.717, 1.165) is 22.2 Å². The largest absolute Gasteiger partial charge is 0.490 e. The number of carbonyl (C=O) groups excluding carboxylic acids is 1. The van der Waals surface area contributed by atoms with Gasteiger partial charge in [0, 0.05) is 11.6 Å². The van der Waals surface area contributed by atoms with Gasteiger partial charge >= 0.3 is 0 Å². The Balaban J connectivity index is 1.34. The Labute approximate surface area is 191 Å². The summed E-state index contributed by atoms with van der Waals surface area (Å²) in [6.45, 7) is 5.18. The third-order valence-electron chi connectivity index (χ3n) is 5.82. The van der Waals surface area contributed by atoms with Crippen molar-refractivity contribution in [3.8, 4) is 11.4 Å². The van der Waals surface area contributed by atoms with Gasteiger partial charge in [-0.1, -0.05) is 23.8 Å². The van der Waals surface area contributed by atoms with E-state index in [4.69, 9.17) is 9.47 Å². The molecular weight excluding hydrogens is 418 g/mol. The fourth-order valence-corrected chi connectivity index (χ4v) is 4.07. The minimum absolute atomic E-state index is 0.0607. The van der Waals surface area contributed by atoms with Gasteiger partial charge in [-0.3, -0.25) is 9.78 Å². The van der Waals surface area contributed by atoms with Crippen molar-refractivity contribution in [3.05, 3.63) is 78.2 Å². The summed E-state index contributed by atoms with van der Waals surface area (Å²) in [5.74, 6) is 0.688. The summed E-state index contributed by atoms with van der Waals surface area (Å²) in [5.41, 5.74) is 3.11. The first-order valence-corrected chi connectivity index (χ1v) is 11.0. The van der Waals surface area contributed by atoms with Gasteiger partial charge in [0.25, 0.3) is 5.91 Å². The Morgan fingerprint density at radius 3 is 2.79 bits per heavy atom. The number of para-hydroxylation sites is 1. The Kier molecular flexibility index (Phi) is 5.75. The topological polar surface area (TPSA) is 82.4 Å². The van der Waals surface area contributed by atoms with Crippen molar-refractivity contribution in [3.63, 3.8) is 0 Å². The molecule has 0 N–H and O–H groups in total. The number of carbonyl (C=O) groups is 1. The zero-order chi connectivity index (χ0) is 22.8. The van der Waals surface area contributed by atoms with Gasteiger partial charge in [-0.15, -0.1) is 0 Å². The van der Waals surface area contributed by atoms with Gasteiger partial charge in [-0.2, -0.15) is 15.0 Å². The molecule has 0 unspecified atom stereocenters. The number of rotatable bonds is 5. The molecular formula is C25H25N5O3. The summed E-state index contributed by atoms with van der Waals surface area (Å²) in [4.78, 5) is 21.3. The molecule has 2 aromatic heterocycles. The van der Waals surface area contributed by atoms with Crippen LogP contribution in [0.3, 0.4) is 0 Å². The molecule has 3 heterocycles. The second-order valence-corrected chi connectivity index (χ2v) is 8.24. The second-order valence-electron chi connectivity index (χ2n) is 8.24. The molecule has 2 atom stereocenters. The first-order valence-electron chi connectivity index (χ1n) is 11.0. The fraction of sp³-hybridized carbons (Fsp3) is 0.280. The van der Waals surface area contributed by atoms with Crippen LogP contribution in [0.4, 0.5) is 0 Å². The van der Waals surface area contributed by atoms with Crippen molar-refractivity contribution in [2.24, 2.45) is 0 Å². The van der Waals surface area contributed by atoms with Crippen LogP contribution in [-0.2, 0) is 4.74 Å². The zero-order valence-electron chi connectivity index (χ0n) is 18.6. The summed E-state index contributed by atoms with van der Waals surface area (Å²) < 4.78 is 12.1. The number of fused-ring (bicyclic) bond motifs is 1. The van der Waals surface area contributed by atoms with Gasteiger partial charge in [0.15, 0.2) is 0 Å². The molecule has 5 rings (SSSR count). The van der Waals surface area contributed by atoms with Crippen molar-refractivity contribution >= 4 is 16.8 Å². The van der Waals surface area contributed by atoms with Gasteiger partial charge in [0.2, 0.25) is 0 Å². The molecule has 4 aromatic rings.